The smallest absolute Gasteiger partial charge is 0.0861 e. The van der Waals surface area contributed by atoms with Crippen LogP contribution >= 0.6 is 15.9 Å². The highest BCUT2D eigenvalue weighted by Crippen LogP contribution is 2.31. The highest BCUT2D eigenvalue weighted by atomic mass is 79.9. The van der Waals surface area contributed by atoms with E-state index in [0.717, 1.165) is 35.4 Å². The molecule has 21 heavy (non-hydrogen) atoms. The van der Waals surface area contributed by atoms with Gasteiger partial charge in [0, 0.05) is 23.2 Å². The first-order valence-electron chi connectivity index (χ1n) is 7.31. The summed E-state index contributed by atoms with van der Waals surface area (Å²) >= 11 is 3.42. The van der Waals surface area contributed by atoms with Crippen LogP contribution in [0.1, 0.15) is 18.9 Å². The summed E-state index contributed by atoms with van der Waals surface area (Å²) in [7, 11) is 0. The average molecular weight is 344 g/mol. The van der Waals surface area contributed by atoms with E-state index in [1.54, 1.807) is 0 Å². The number of azo groups is 1. The third-order valence-corrected chi connectivity index (χ3v) is 4.30. The molecule has 2 aromatic carbocycles. The van der Waals surface area contributed by atoms with Crippen LogP contribution in [-0.4, -0.2) is 13.1 Å². The first-order valence-corrected chi connectivity index (χ1v) is 8.11. The zero-order valence-electron chi connectivity index (χ0n) is 12.1. The van der Waals surface area contributed by atoms with E-state index in [-0.39, 0.29) is 0 Å². The Morgan fingerprint density at radius 1 is 1.05 bits per heavy atom. The number of halogens is 1. The molecule has 0 aromatic heterocycles. The molecule has 0 spiro atoms. The Morgan fingerprint density at radius 2 is 1.76 bits per heavy atom. The molecule has 0 bridgehead atoms. The van der Waals surface area contributed by atoms with Gasteiger partial charge in [0.15, 0.2) is 0 Å². The molecule has 1 aliphatic heterocycles. The molecule has 0 amide bonds. The zero-order valence-corrected chi connectivity index (χ0v) is 13.7. The maximum atomic E-state index is 4.36. The topological polar surface area (TPSA) is 28.0 Å². The molecule has 0 saturated carbocycles. The summed E-state index contributed by atoms with van der Waals surface area (Å²) in [6, 6.07) is 14.2. The summed E-state index contributed by atoms with van der Waals surface area (Å²) < 4.78 is 1.05. The molecule has 0 fully saturated rings. The molecule has 0 aliphatic carbocycles. The minimum atomic E-state index is 0.867. The average Bonchev–Trinajstić information content (AvgIpc) is 2.53. The normalized spacial score (nSPS) is 14.5. The van der Waals surface area contributed by atoms with Crippen molar-refractivity contribution in [3.8, 4) is 0 Å². The Bertz CT molecular complexity index is 650. The lowest BCUT2D eigenvalue weighted by Crippen LogP contribution is -2.28. The summed E-state index contributed by atoms with van der Waals surface area (Å²) in [5.74, 6) is 0. The van der Waals surface area contributed by atoms with E-state index in [4.69, 9.17) is 0 Å². The van der Waals surface area contributed by atoms with Gasteiger partial charge in [-0.1, -0.05) is 15.9 Å². The van der Waals surface area contributed by atoms with Crippen molar-refractivity contribution in [3.05, 3.63) is 52.5 Å². The second kappa shape index (κ2) is 6.39. The fourth-order valence-corrected chi connectivity index (χ4v) is 2.94. The maximum absolute atomic E-state index is 4.36. The van der Waals surface area contributed by atoms with Crippen LogP contribution in [-0.2, 0) is 6.42 Å². The number of aryl methyl sites for hydroxylation is 1. The molecule has 3 nitrogen and oxygen atoms in total. The van der Waals surface area contributed by atoms with Crippen LogP contribution < -0.4 is 4.90 Å². The van der Waals surface area contributed by atoms with Crippen molar-refractivity contribution in [2.45, 2.75) is 19.8 Å². The standard InChI is InChI=1S/C17H18BrN3/c1-2-21-11-3-4-13-12-16(9-10-17(13)21)20-19-15-7-5-14(18)6-8-15/h5-10,12H,2-4,11H2,1H3. The van der Waals surface area contributed by atoms with Crippen LogP contribution in [0.4, 0.5) is 17.1 Å². The minimum Gasteiger partial charge on any atom is -0.372 e. The fraction of sp³-hybridized carbons (Fsp3) is 0.294. The molecule has 4 heteroatoms. The van der Waals surface area contributed by atoms with E-state index in [1.807, 2.05) is 24.3 Å². The second-order valence-corrected chi connectivity index (χ2v) is 6.09. The van der Waals surface area contributed by atoms with Crippen molar-refractivity contribution in [3.63, 3.8) is 0 Å². The Balaban J connectivity index is 1.82. The summed E-state index contributed by atoms with van der Waals surface area (Å²) in [4.78, 5) is 2.43. The van der Waals surface area contributed by atoms with Gasteiger partial charge in [-0.25, -0.2) is 0 Å². The minimum absolute atomic E-state index is 0.867. The third kappa shape index (κ3) is 3.32. The van der Waals surface area contributed by atoms with Crippen molar-refractivity contribution in [1.29, 1.82) is 0 Å². The summed E-state index contributed by atoms with van der Waals surface area (Å²) in [5, 5.41) is 8.65. The molecule has 2 aromatic rings. The highest BCUT2D eigenvalue weighted by molar-refractivity contribution is 9.10. The lowest BCUT2D eigenvalue weighted by molar-refractivity contribution is 0.708. The molecule has 0 atom stereocenters. The van der Waals surface area contributed by atoms with E-state index in [9.17, 15) is 0 Å². The number of nitrogens with zero attached hydrogens (tertiary/aromatic N) is 3. The van der Waals surface area contributed by atoms with E-state index < -0.39 is 0 Å². The Kier molecular flexibility index (Phi) is 4.34. The van der Waals surface area contributed by atoms with Gasteiger partial charge >= 0.3 is 0 Å². The number of hydrogen-bond acceptors (Lipinski definition) is 3. The van der Waals surface area contributed by atoms with E-state index in [2.05, 4.69) is 56.2 Å². The Morgan fingerprint density at radius 3 is 2.52 bits per heavy atom. The first kappa shape index (κ1) is 14.3. The number of benzene rings is 2. The van der Waals surface area contributed by atoms with Crippen molar-refractivity contribution in [2.75, 3.05) is 18.0 Å². The molecular weight excluding hydrogens is 326 g/mol. The van der Waals surface area contributed by atoms with Crippen LogP contribution in [0.3, 0.4) is 0 Å². The van der Waals surface area contributed by atoms with Gasteiger partial charge in [0.1, 0.15) is 0 Å². The van der Waals surface area contributed by atoms with Crippen LogP contribution in [0.2, 0.25) is 0 Å². The quantitative estimate of drug-likeness (QED) is 0.663. The van der Waals surface area contributed by atoms with Crippen molar-refractivity contribution < 1.29 is 0 Å². The highest BCUT2D eigenvalue weighted by Gasteiger charge is 2.15. The summed E-state index contributed by atoms with van der Waals surface area (Å²) in [6.07, 6.45) is 2.35. The van der Waals surface area contributed by atoms with E-state index in [1.165, 1.54) is 17.7 Å². The van der Waals surface area contributed by atoms with Crippen LogP contribution in [0.5, 0.6) is 0 Å². The van der Waals surface area contributed by atoms with Crippen molar-refractivity contribution in [2.24, 2.45) is 10.2 Å². The van der Waals surface area contributed by atoms with E-state index in [0.29, 0.717) is 0 Å². The van der Waals surface area contributed by atoms with Crippen molar-refractivity contribution >= 4 is 33.0 Å². The van der Waals surface area contributed by atoms with Gasteiger partial charge in [0.2, 0.25) is 0 Å². The Labute approximate surface area is 133 Å². The first-order chi connectivity index (χ1) is 10.3. The van der Waals surface area contributed by atoms with Crippen LogP contribution in [0.25, 0.3) is 0 Å². The van der Waals surface area contributed by atoms with Crippen LogP contribution in [0, 0.1) is 0 Å². The largest absolute Gasteiger partial charge is 0.372 e. The zero-order chi connectivity index (χ0) is 14.7. The van der Waals surface area contributed by atoms with Gasteiger partial charge in [0.25, 0.3) is 0 Å². The monoisotopic (exact) mass is 343 g/mol. The van der Waals surface area contributed by atoms with E-state index >= 15 is 0 Å². The number of rotatable bonds is 3. The SMILES string of the molecule is CCN1CCCc2cc(N=Nc3ccc(Br)cc3)ccc21. The van der Waals surface area contributed by atoms with Gasteiger partial charge < -0.3 is 4.90 Å². The number of fused-ring (bicyclic) bond motifs is 1. The molecule has 3 rings (SSSR count). The summed E-state index contributed by atoms with van der Waals surface area (Å²) in [6.45, 7) is 4.42. The van der Waals surface area contributed by atoms with Gasteiger partial charge in [-0.15, -0.1) is 0 Å². The number of anilines is 1. The maximum Gasteiger partial charge on any atom is 0.0861 e. The fourth-order valence-electron chi connectivity index (χ4n) is 2.68. The molecule has 0 N–H and O–H groups in total. The molecular formula is C17H18BrN3. The van der Waals surface area contributed by atoms with Crippen molar-refractivity contribution in [1.82, 2.24) is 0 Å². The third-order valence-electron chi connectivity index (χ3n) is 3.77. The van der Waals surface area contributed by atoms with Crippen LogP contribution in [0.15, 0.2) is 57.2 Å². The Hall–Kier alpha value is -1.68. The number of hydrogen-bond donors (Lipinski definition) is 0. The molecule has 1 aliphatic rings. The van der Waals surface area contributed by atoms with Gasteiger partial charge in [-0.3, -0.25) is 0 Å². The van der Waals surface area contributed by atoms with Gasteiger partial charge in [-0.2, -0.15) is 10.2 Å². The molecule has 108 valence electrons. The molecule has 0 unspecified atom stereocenters. The van der Waals surface area contributed by atoms with Gasteiger partial charge in [0.05, 0.1) is 11.4 Å². The second-order valence-electron chi connectivity index (χ2n) is 5.17. The predicted molar refractivity (Wildman–Crippen MR) is 91.0 cm³/mol. The lowest BCUT2D eigenvalue weighted by atomic mass is 10.0. The summed E-state index contributed by atoms with van der Waals surface area (Å²) in [5.41, 5.74) is 4.53. The predicted octanol–water partition coefficient (Wildman–Crippen LogP) is 5.64. The molecule has 0 radical (unpaired) electrons. The molecule has 1 heterocycles. The van der Waals surface area contributed by atoms with Gasteiger partial charge in [-0.05, 0) is 67.8 Å². The lowest BCUT2D eigenvalue weighted by Gasteiger charge is -2.30. The molecule has 0 saturated heterocycles.